The monoisotopic (exact) mass is 507 g/mol. The minimum absolute atomic E-state index is 0.112. The first kappa shape index (κ1) is 35.2. The molecule has 36 heavy (non-hydrogen) atoms. The minimum Gasteiger partial charge on any atom is -0.481 e. The van der Waals surface area contributed by atoms with E-state index in [2.05, 4.69) is 26.0 Å². The van der Waals surface area contributed by atoms with Crippen molar-refractivity contribution in [2.45, 2.75) is 194 Å². The fourth-order valence-electron chi connectivity index (χ4n) is 5.26. The molecule has 0 amide bonds. The SMILES string of the molecule is CCCCCCCCC=CCCCCCCC(CCCCCCCCCCCCCCCC)C(=O)O. The Bertz CT molecular complexity index is 456. The van der Waals surface area contributed by atoms with Crippen LogP contribution in [0.1, 0.15) is 194 Å². The van der Waals surface area contributed by atoms with Crippen LogP contribution in [-0.4, -0.2) is 11.1 Å². The molecule has 0 aliphatic heterocycles. The van der Waals surface area contributed by atoms with Crippen LogP contribution in [0.2, 0.25) is 0 Å². The molecule has 1 unspecified atom stereocenters. The van der Waals surface area contributed by atoms with E-state index in [9.17, 15) is 9.90 Å². The van der Waals surface area contributed by atoms with Gasteiger partial charge in [-0.25, -0.2) is 0 Å². The van der Waals surface area contributed by atoms with E-state index in [1.54, 1.807) is 0 Å². The Morgan fingerprint density at radius 1 is 0.472 bits per heavy atom. The summed E-state index contributed by atoms with van der Waals surface area (Å²) in [6.07, 6.45) is 40.9. The topological polar surface area (TPSA) is 37.3 Å². The molecular weight excluding hydrogens is 440 g/mol. The lowest BCUT2D eigenvalue weighted by molar-refractivity contribution is -0.142. The number of allylic oxidation sites excluding steroid dienone is 2. The molecule has 214 valence electrons. The first-order valence-corrected chi connectivity index (χ1v) is 16.6. The smallest absolute Gasteiger partial charge is 0.306 e. The van der Waals surface area contributed by atoms with Gasteiger partial charge in [-0.15, -0.1) is 0 Å². The van der Waals surface area contributed by atoms with Crippen molar-refractivity contribution in [3.63, 3.8) is 0 Å². The lowest BCUT2D eigenvalue weighted by Gasteiger charge is -2.12. The van der Waals surface area contributed by atoms with E-state index >= 15 is 0 Å². The lowest BCUT2D eigenvalue weighted by Crippen LogP contribution is -2.13. The number of unbranched alkanes of at least 4 members (excludes halogenated alkanes) is 23. The average Bonchev–Trinajstić information content (AvgIpc) is 2.87. The Balaban J connectivity index is 3.45. The predicted octanol–water partition coefficient (Wildman–Crippen LogP) is 12.2. The molecule has 0 aliphatic rings. The summed E-state index contributed by atoms with van der Waals surface area (Å²) < 4.78 is 0. The number of aliphatic carboxylic acids is 1. The van der Waals surface area contributed by atoms with E-state index in [1.807, 2.05) is 0 Å². The minimum atomic E-state index is -0.567. The molecule has 2 heteroatoms. The van der Waals surface area contributed by atoms with Crippen LogP contribution in [0.3, 0.4) is 0 Å². The van der Waals surface area contributed by atoms with Crippen LogP contribution in [0.4, 0.5) is 0 Å². The third-order valence-electron chi connectivity index (χ3n) is 7.82. The zero-order chi connectivity index (χ0) is 26.4. The molecule has 2 nitrogen and oxygen atoms in total. The van der Waals surface area contributed by atoms with Gasteiger partial charge < -0.3 is 5.11 Å². The second kappa shape index (κ2) is 30.4. The van der Waals surface area contributed by atoms with E-state index in [0.29, 0.717) is 0 Å². The van der Waals surface area contributed by atoms with Gasteiger partial charge in [-0.3, -0.25) is 4.79 Å². The number of carboxylic acid groups (broad SMARTS) is 1. The van der Waals surface area contributed by atoms with Crippen molar-refractivity contribution < 1.29 is 9.90 Å². The van der Waals surface area contributed by atoms with Gasteiger partial charge in [0.1, 0.15) is 0 Å². The van der Waals surface area contributed by atoms with E-state index in [1.165, 1.54) is 154 Å². The van der Waals surface area contributed by atoms with Crippen molar-refractivity contribution >= 4 is 5.97 Å². The summed E-state index contributed by atoms with van der Waals surface area (Å²) in [5, 5.41) is 9.57. The van der Waals surface area contributed by atoms with Gasteiger partial charge >= 0.3 is 5.97 Å². The van der Waals surface area contributed by atoms with Gasteiger partial charge in [-0.05, 0) is 38.5 Å². The summed E-state index contributed by atoms with van der Waals surface area (Å²) in [6, 6.07) is 0. The van der Waals surface area contributed by atoms with Crippen LogP contribution < -0.4 is 0 Å². The van der Waals surface area contributed by atoms with Gasteiger partial charge in [-0.1, -0.05) is 167 Å². The number of hydrogen-bond donors (Lipinski definition) is 1. The molecule has 0 rings (SSSR count). The van der Waals surface area contributed by atoms with E-state index in [0.717, 1.165) is 25.7 Å². The van der Waals surface area contributed by atoms with Crippen molar-refractivity contribution in [1.82, 2.24) is 0 Å². The molecule has 0 radical (unpaired) electrons. The van der Waals surface area contributed by atoms with Crippen LogP contribution in [0, 0.1) is 5.92 Å². The Morgan fingerprint density at radius 3 is 1.06 bits per heavy atom. The Hall–Kier alpha value is -0.790. The summed E-state index contributed by atoms with van der Waals surface area (Å²) in [5.74, 6) is -0.679. The summed E-state index contributed by atoms with van der Waals surface area (Å²) in [5.41, 5.74) is 0. The van der Waals surface area contributed by atoms with Crippen LogP contribution in [0.25, 0.3) is 0 Å². The molecule has 0 saturated carbocycles. The summed E-state index contributed by atoms with van der Waals surface area (Å²) >= 11 is 0. The summed E-state index contributed by atoms with van der Waals surface area (Å²) in [7, 11) is 0. The highest BCUT2D eigenvalue weighted by Gasteiger charge is 2.16. The number of carbonyl (C=O) groups is 1. The third kappa shape index (κ3) is 27.8. The standard InChI is InChI=1S/C34H66O2/c1-3-5-7-9-11-13-15-17-19-21-23-25-27-29-31-33(34(35)36)32-30-28-26-24-22-20-18-16-14-12-10-8-6-4-2/h17,19,33H,3-16,18,20-32H2,1-2H3,(H,35,36). The Labute approximate surface area is 227 Å². The first-order valence-electron chi connectivity index (χ1n) is 16.6. The number of carboxylic acids is 1. The van der Waals surface area contributed by atoms with Crippen molar-refractivity contribution in [2.75, 3.05) is 0 Å². The van der Waals surface area contributed by atoms with Gasteiger partial charge in [0.25, 0.3) is 0 Å². The Morgan fingerprint density at radius 2 is 0.750 bits per heavy atom. The van der Waals surface area contributed by atoms with E-state index < -0.39 is 5.97 Å². The van der Waals surface area contributed by atoms with Gasteiger partial charge in [-0.2, -0.15) is 0 Å². The maximum absolute atomic E-state index is 11.6. The zero-order valence-corrected chi connectivity index (χ0v) is 24.9. The predicted molar refractivity (Wildman–Crippen MR) is 161 cm³/mol. The molecule has 0 aromatic rings. The molecular formula is C34H66O2. The first-order chi connectivity index (χ1) is 17.7. The molecule has 0 aromatic carbocycles. The normalized spacial score (nSPS) is 12.5. The van der Waals surface area contributed by atoms with Crippen LogP contribution in [-0.2, 0) is 4.79 Å². The molecule has 0 saturated heterocycles. The maximum Gasteiger partial charge on any atom is 0.306 e. The van der Waals surface area contributed by atoms with Crippen LogP contribution >= 0.6 is 0 Å². The molecule has 0 bridgehead atoms. The van der Waals surface area contributed by atoms with Crippen molar-refractivity contribution in [1.29, 1.82) is 0 Å². The second-order valence-corrected chi connectivity index (χ2v) is 11.4. The number of rotatable bonds is 30. The van der Waals surface area contributed by atoms with Gasteiger partial charge in [0.2, 0.25) is 0 Å². The fraction of sp³-hybridized carbons (Fsp3) is 0.912. The highest BCUT2D eigenvalue weighted by Crippen LogP contribution is 2.20. The van der Waals surface area contributed by atoms with Gasteiger partial charge in [0.15, 0.2) is 0 Å². The number of hydrogen-bond acceptors (Lipinski definition) is 1. The van der Waals surface area contributed by atoms with Crippen LogP contribution in [0.5, 0.6) is 0 Å². The molecule has 0 aliphatic carbocycles. The molecule has 0 fully saturated rings. The quantitative estimate of drug-likeness (QED) is 0.0776. The maximum atomic E-state index is 11.6. The largest absolute Gasteiger partial charge is 0.481 e. The fourth-order valence-corrected chi connectivity index (χ4v) is 5.26. The molecule has 1 atom stereocenters. The van der Waals surface area contributed by atoms with Crippen molar-refractivity contribution in [2.24, 2.45) is 5.92 Å². The second-order valence-electron chi connectivity index (χ2n) is 11.4. The van der Waals surface area contributed by atoms with Gasteiger partial charge in [0.05, 0.1) is 5.92 Å². The average molecular weight is 507 g/mol. The highest BCUT2D eigenvalue weighted by atomic mass is 16.4. The van der Waals surface area contributed by atoms with Gasteiger partial charge in [0, 0.05) is 0 Å². The summed E-state index contributed by atoms with van der Waals surface area (Å²) in [6.45, 7) is 4.55. The molecule has 0 heterocycles. The van der Waals surface area contributed by atoms with E-state index in [4.69, 9.17) is 0 Å². The lowest BCUT2D eigenvalue weighted by atomic mass is 9.94. The third-order valence-corrected chi connectivity index (χ3v) is 7.82. The molecule has 0 spiro atoms. The van der Waals surface area contributed by atoms with Crippen molar-refractivity contribution in [3.05, 3.63) is 12.2 Å². The Kier molecular flexibility index (Phi) is 29.8. The summed E-state index contributed by atoms with van der Waals surface area (Å²) in [4.78, 5) is 11.6. The van der Waals surface area contributed by atoms with Crippen LogP contribution in [0.15, 0.2) is 12.2 Å². The van der Waals surface area contributed by atoms with Crippen molar-refractivity contribution in [3.8, 4) is 0 Å². The molecule has 0 aromatic heterocycles. The molecule has 1 N–H and O–H groups in total. The zero-order valence-electron chi connectivity index (χ0n) is 24.9. The van der Waals surface area contributed by atoms with E-state index in [-0.39, 0.29) is 5.92 Å². The highest BCUT2D eigenvalue weighted by molar-refractivity contribution is 5.69.